The molecule has 1 aromatic rings. The molecule has 1 N–H and O–H groups in total. The number of amides is 2. The summed E-state index contributed by atoms with van der Waals surface area (Å²) in [6, 6.07) is 6.55. The van der Waals surface area contributed by atoms with E-state index < -0.39 is 0 Å². The van der Waals surface area contributed by atoms with Crippen LogP contribution in [-0.4, -0.2) is 61.4 Å². The van der Waals surface area contributed by atoms with E-state index in [-0.39, 0.29) is 17.6 Å². The van der Waals surface area contributed by atoms with Gasteiger partial charge in [0.2, 0.25) is 11.8 Å². The van der Waals surface area contributed by atoms with Gasteiger partial charge < -0.3 is 15.1 Å². The van der Waals surface area contributed by atoms with Gasteiger partial charge in [-0.05, 0) is 55.3 Å². The van der Waals surface area contributed by atoms with E-state index in [1.165, 1.54) is 12.1 Å². The Hall–Kier alpha value is -1.95. The summed E-state index contributed by atoms with van der Waals surface area (Å²) in [6.45, 7) is 2.51. The topological polar surface area (TPSA) is 52.7 Å². The largest absolute Gasteiger partial charge is 0.349 e. The standard InChI is InChI=1S/C21H30FN3O2/c1-24(2)20(26)5-3-4-19-17-10-16(12-23-19)13-25(14-17)21(27)11-15-6-8-18(22)9-7-15/h6-9,16-17,19,23H,3-5,10-14H2,1-2H3/t16?,17?,19-/m1/s1. The van der Waals surface area contributed by atoms with Gasteiger partial charge in [-0.1, -0.05) is 12.1 Å². The Morgan fingerprint density at radius 3 is 2.67 bits per heavy atom. The van der Waals surface area contributed by atoms with Crippen LogP contribution in [0, 0.1) is 17.7 Å². The number of carbonyl (C=O) groups is 2. The van der Waals surface area contributed by atoms with Gasteiger partial charge >= 0.3 is 0 Å². The molecule has 0 spiro atoms. The van der Waals surface area contributed by atoms with Crippen LogP contribution in [0.4, 0.5) is 4.39 Å². The molecule has 148 valence electrons. The van der Waals surface area contributed by atoms with Gasteiger partial charge in [-0.2, -0.15) is 0 Å². The molecule has 1 aromatic carbocycles. The highest BCUT2D eigenvalue weighted by molar-refractivity contribution is 5.79. The molecule has 0 radical (unpaired) electrons. The maximum atomic E-state index is 13.0. The second-order valence-corrected chi connectivity index (χ2v) is 8.16. The molecule has 2 amide bonds. The first-order valence-electron chi connectivity index (χ1n) is 9.88. The van der Waals surface area contributed by atoms with Crippen molar-refractivity contribution >= 4 is 11.8 Å². The van der Waals surface area contributed by atoms with E-state index in [2.05, 4.69) is 5.32 Å². The number of nitrogens with zero attached hydrogens (tertiary/aromatic N) is 2. The molecule has 2 heterocycles. The first-order valence-corrected chi connectivity index (χ1v) is 9.88. The summed E-state index contributed by atoms with van der Waals surface area (Å²) >= 11 is 0. The lowest BCUT2D eigenvalue weighted by Gasteiger charge is -2.46. The number of likely N-dealkylation sites (tertiary alicyclic amines) is 1. The average molecular weight is 375 g/mol. The molecule has 6 heteroatoms. The first-order chi connectivity index (χ1) is 12.9. The normalized spacial score (nSPS) is 24.6. The van der Waals surface area contributed by atoms with Gasteiger partial charge in [0, 0.05) is 39.6 Å². The Bertz CT molecular complexity index is 662. The zero-order valence-corrected chi connectivity index (χ0v) is 16.3. The van der Waals surface area contributed by atoms with Gasteiger partial charge in [0.15, 0.2) is 0 Å². The van der Waals surface area contributed by atoms with Gasteiger partial charge in [-0.15, -0.1) is 0 Å². The van der Waals surface area contributed by atoms with E-state index in [0.29, 0.717) is 30.7 Å². The Morgan fingerprint density at radius 2 is 1.96 bits per heavy atom. The number of hydrogen-bond acceptors (Lipinski definition) is 3. The summed E-state index contributed by atoms with van der Waals surface area (Å²) in [5, 5.41) is 3.63. The number of rotatable bonds is 6. The lowest BCUT2D eigenvalue weighted by molar-refractivity contribution is -0.134. The minimum Gasteiger partial charge on any atom is -0.349 e. The summed E-state index contributed by atoms with van der Waals surface area (Å²) < 4.78 is 13.0. The fraction of sp³-hybridized carbons (Fsp3) is 0.619. The highest BCUT2D eigenvalue weighted by Gasteiger charge is 2.37. The number of halogens is 1. The smallest absolute Gasteiger partial charge is 0.227 e. The fourth-order valence-electron chi connectivity index (χ4n) is 4.30. The van der Waals surface area contributed by atoms with Crippen molar-refractivity contribution < 1.29 is 14.0 Å². The van der Waals surface area contributed by atoms with Crippen molar-refractivity contribution in [3.8, 4) is 0 Å². The number of nitrogens with one attached hydrogen (secondary N) is 1. The lowest BCUT2D eigenvalue weighted by atomic mass is 9.79. The third-order valence-corrected chi connectivity index (χ3v) is 5.83. The van der Waals surface area contributed by atoms with Crippen LogP contribution < -0.4 is 5.32 Å². The number of benzene rings is 1. The van der Waals surface area contributed by atoms with Crippen molar-refractivity contribution in [2.75, 3.05) is 33.7 Å². The Labute approximate surface area is 160 Å². The lowest BCUT2D eigenvalue weighted by Crippen LogP contribution is -2.57. The molecular formula is C21H30FN3O2. The van der Waals surface area contributed by atoms with Crippen LogP contribution in [0.15, 0.2) is 24.3 Å². The quantitative estimate of drug-likeness (QED) is 0.828. The van der Waals surface area contributed by atoms with E-state index in [4.69, 9.17) is 0 Å². The summed E-state index contributed by atoms with van der Waals surface area (Å²) in [5.41, 5.74) is 0.856. The van der Waals surface area contributed by atoms with Crippen molar-refractivity contribution in [1.29, 1.82) is 0 Å². The number of piperidine rings is 2. The van der Waals surface area contributed by atoms with Gasteiger partial charge in [-0.25, -0.2) is 4.39 Å². The Morgan fingerprint density at radius 1 is 1.22 bits per heavy atom. The minimum atomic E-state index is -0.277. The van der Waals surface area contributed by atoms with Crippen molar-refractivity contribution in [3.05, 3.63) is 35.6 Å². The Balaban J connectivity index is 1.52. The van der Waals surface area contributed by atoms with Crippen LogP contribution in [0.2, 0.25) is 0 Å². The molecule has 27 heavy (non-hydrogen) atoms. The number of carbonyl (C=O) groups excluding carboxylic acids is 2. The molecule has 3 rings (SSSR count). The summed E-state index contributed by atoms with van der Waals surface area (Å²) in [6.07, 6.45) is 3.90. The molecular weight excluding hydrogens is 345 g/mol. The second-order valence-electron chi connectivity index (χ2n) is 8.16. The van der Waals surface area contributed by atoms with Crippen LogP contribution >= 0.6 is 0 Å². The zero-order valence-electron chi connectivity index (χ0n) is 16.3. The average Bonchev–Trinajstić information content (AvgIpc) is 2.65. The third-order valence-electron chi connectivity index (χ3n) is 5.83. The molecule has 2 fully saturated rings. The monoisotopic (exact) mass is 375 g/mol. The minimum absolute atomic E-state index is 0.125. The molecule has 2 bridgehead atoms. The molecule has 0 saturated carbocycles. The van der Waals surface area contributed by atoms with Gasteiger partial charge in [-0.3, -0.25) is 9.59 Å². The van der Waals surface area contributed by atoms with Crippen LogP contribution in [0.3, 0.4) is 0 Å². The van der Waals surface area contributed by atoms with Gasteiger partial charge in [0.05, 0.1) is 6.42 Å². The summed E-state index contributed by atoms with van der Waals surface area (Å²) in [7, 11) is 3.58. The molecule has 3 atom stereocenters. The van der Waals surface area contributed by atoms with E-state index in [9.17, 15) is 14.0 Å². The number of hydrogen-bond donors (Lipinski definition) is 1. The highest BCUT2D eigenvalue weighted by atomic mass is 19.1. The van der Waals surface area contributed by atoms with E-state index in [0.717, 1.165) is 44.5 Å². The van der Waals surface area contributed by atoms with Crippen molar-refractivity contribution in [3.63, 3.8) is 0 Å². The fourth-order valence-corrected chi connectivity index (χ4v) is 4.30. The molecule has 2 aliphatic rings. The molecule has 0 aromatic heterocycles. The highest BCUT2D eigenvalue weighted by Crippen LogP contribution is 2.30. The molecule has 2 unspecified atom stereocenters. The van der Waals surface area contributed by atoms with Crippen molar-refractivity contribution in [1.82, 2.24) is 15.1 Å². The van der Waals surface area contributed by atoms with Gasteiger partial charge in [0.25, 0.3) is 0 Å². The van der Waals surface area contributed by atoms with Crippen molar-refractivity contribution in [2.24, 2.45) is 11.8 Å². The first kappa shape index (κ1) is 19.8. The van der Waals surface area contributed by atoms with Crippen molar-refractivity contribution in [2.45, 2.75) is 38.1 Å². The number of fused-ring (bicyclic) bond motifs is 2. The summed E-state index contributed by atoms with van der Waals surface area (Å²) in [4.78, 5) is 28.1. The van der Waals surface area contributed by atoms with Gasteiger partial charge in [0.1, 0.15) is 5.82 Å². The third kappa shape index (κ3) is 5.28. The predicted octanol–water partition coefficient (Wildman–Crippen LogP) is 2.06. The molecule has 0 aliphatic carbocycles. The second kappa shape index (κ2) is 8.83. The summed E-state index contributed by atoms with van der Waals surface area (Å²) in [5.74, 6) is 0.966. The van der Waals surface area contributed by atoms with Crippen LogP contribution in [-0.2, 0) is 16.0 Å². The molecule has 2 aliphatic heterocycles. The SMILES string of the molecule is CN(C)C(=O)CCC[C@H]1NCC2CC1CN(C(=O)Cc1ccc(F)cc1)C2. The zero-order chi connectivity index (χ0) is 19.4. The van der Waals surface area contributed by atoms with Crippen LogP contribution in [0.5, 0.6) is 0 Å². The van der Waals surface area contributed by atoms with Crippen LogP contribution in [0.25, 0.3) is 0 Å². The van der Waals surface area contributed by atoms with E-state index in [1.807, 2.05) is 4.90 Å². The predicted molar refractivity (Wildman–Crippen MR) is 103 cm³/mol. The Kier molecular flexibility index (Phi) is 6.47. The molecule has 2 saturated heterocycles. The van der Waals surface area contributed by atoms with E-state index in [1.54, 1.807) is 31.1 Å². The maximum Gasteiger partial charge on any atom is 0.227 e. The van der Waals surface area contributed by atoms with Crippen LogP contribution in [0.1, 0.15) is 31.2 Å². The molecule has 5 nitrogen and oxygen atoms in total. The maximum absolute atomic E-state index is 13.0. The van der Waals surface area contributed by atoms with E-state index >= 15 is 0 Å².